The van der Waals surface area contributed by atoms with E-state index in [1.54, 1.807) is 18.2 Å². The Kier molecular flexibility index (Phi) is 4.02. The molecule has 3 rings (SSSR count). The fourth-order valence-corrected chi connectivity index (χ4v) is 3.09. The summed E-state index contributed by atoms with van der Waals surface area (Å²) in [5, 5.41) is 12.8. The number of anilines is 1. The summed E-state index contributed by atoms with van der Waals surface area (Å²) in [7, 11) is -3.77. The first-order valence-corrected chi connectivity index (χ1v) is 8.31. The third-order valence-corrected chi connectivity index (χ3v) is 4.58. The quantitative estimate of drug-likeness (QED) is 0.789. The van der Waals surface area contributed by atoms with E-state index in [4.69, 9.17) is 5.26 Å². The molecule has 0 amide bonds. The molecule has 0 saturated heterocycles. The van der Waals surface area contributed by atoms with E-state index in [1.807, 2.05) is 6.07 Å². The zero-order valence-electron chi connectivity index (χ0n) is 12.2. The average molecular weight is 342 g/mol. The smallest absolute Gasteiger partial charge is 0.262 e. The van der Waals surface area contributed by atoms with Crippen molar-refractivity contribution in [3.05, 3.63) is 72.2 Å². The molecule has 6 nitrogen and oxygen atoms in total. The Bertz CT molecular complexity index is 1020. The van der Waals surface area contributed by atoms with Crippen LogP contribution in [-0.4, -0.2) is 18.2 Å². The van der Waals surface area contributed by atoms with Crippen LogP contribution in [0.1, 0.15) is 5.56 Å². The van der Waals surface area contributed by atoms with Crippen LogP contribution < -0.4 is 4.72 Å². The number of nitrogens with one attached hydrogen (secondary N) is 1. The highest BCUT2D eigenvalue weighted by atomic mass is 32.2. The van der Waals surface area contributed by atoms with Crippen LogP contribution in [0.2, 0.25) is 0 Å². The average Bonchev–Trinajstić information content (AvgIpc) is 3.03. The number of nitrogens with zero attached hydrogens (tertiary/aromatic N) is 3. The van der Waals surface area contributed by atoms with Crippen LogP contribution in [0.4, 0.5) is 10.2 Å². The lowest BCUT2D eigenvalue weighted by molar-refractivity contribution is 0.601. The molecule has 3 aromatic rings. The molecule has 0 atom stereocenters. The van der Waals surface area contributed by atoms with Crippen molar-refractivity contribution in [3.8, 4) is 11.8 Å². The number of benzene rings is 2. The molecule has 0 radical (unpaired) electrons. The molecule has 24 heavy (non-hydrogen) atoms. The van der Waals surface area contributed by atoms with Crippen LogP contribution in [0.15, 0.2) is 65.7 Å². The minimum Gasteiger partial charge on any atom is -0.262 e. The topological polar surface area (TPSA) is 87.8 Å². The Labute approximate surface area is 137 Å². The molecule has 1 N–H and O–H groups in total. The van der Waals surface area contributed by atoms with E-state index in [-0.39, 0.29) is 22.0 Å². The van der Waals surface area contributed by atoms with E-state index in [0.29, 0.717) is 0 Å². The maximum atomic E-state index is 14.0. The normalized spacial score (nSPS) is 11.0. The summed E-state index contributed by atoms with van der Waals surface area (Å²) in [6.07, 6.45) is 1.42. The monoisotopic (exact) mass is 342 g/mol. The highest BCUT2D eigenvalue weighted by molar-refractivity contribution is 7.92. The maximum absolute atomic E-state index is 14.0. The fourth-order valence-electron chi connectivity index (χ4n) is 2.07. The minimum atomic E-state index is -3.77. The summed E-state index contributed by atoms with van der Waals surface area (Å²) >= 11 is 0. The second-order valence-electron chi connectivity index (χ2n) is 4.84. The molecule has 0 aliphatic carbocycles. The van der Waals surface area contributed by atoms with E-state index in [1.165, 1.54) is 41.2 Å². The summed E-state index contributed by atoms with van der Waals surface area (Å²) < 4.78 is 42.0. The molecule has 1 aromatic heterocycles. The third-order valence-electron chi connectivity index (χ3n) is 3.21. The summed E-state index contributed by atoms with van der Waals surface area (Å²) in [4.78, 5) is 0.101. The van der Waals surface area contributed by atoms with Crippen LogP contribution in [-0.2, 0) is 10.0 Å². The number of halogens is 1. The molecular formula is C16H11FN4O2S. The van der Waals surface area contributed by atoms with Gasteiger partial charge in [-0.25, -0.2) is 17.5 Å². The number of nitriles is 1. The van der Waals surface area contributed by atoms with Gasteiger partial charge in [-0.05, 0) is 30.3 Å². The first-order chi connectivity index (χ1) is 11.5. The van der Waals surface area contributed by atoms with Gasteiger partial charge >= 0.3 is 0 Å². The van der Waals surface area contributed by atoms with E-state index in [9.17, 15) is 12.8 Å². The van der Waals surface area contributed by atoms with Gasteiger partial charge in [0.2, 0.25) is 0 Å². The fraction of sp³-hybridized carbons (Fsp3) is 0. The number of hydrogen-bond donors (Lipinski definition) is 1. The van der Waals surface area contributed by atoms with E-state index < -0.39 is 15.8 Å². The van der Waals surface area contributed by atoms with Crippen LogP contribution in [0.5, 0.6) is 0 Å². The lowest BCUT2D eigenvalue weighted by Gasteiger charge is -2.06. The van der Waals surface area contributed by atoms with E-state index in [0.717, 1.165) is 6.07 Å². The molecular weight excluding hydrogens is 331 g/mol. The standard InChI is InChI=1S/C16H11FN4O2S/c17-14-10-12(11-18)6-7-15(14)21-9-8-16(19-21)20-24(22,23)13-4-2-1-3-5-13/h1-10H,(H,19,20). The summed E-state index contributed by atoms with van der Waals surface area (Å²) in [6.45, 7) is 0. The summed E-state index contributed by atoms with van der Waals surface area (Å²) in [5.74, 6) is -0.572. The predicted molar refractivity (Wildman–Crippen MR) is 85.5 cm³/mol. The van der Waals surface area contributed by atoms with Crippen molar-refractivity contribution in [2.24, 2.45) is 0 Å². The van der Waals surface area contributed by atoms with Gasteiger partial charge in [-0.3, -0.25) is 4.72 Å². The van der Waals surface area contributed by atoms with Crippen molar-refractivity contribution in [2.45, 2.75) is 4.90 Å². The summed E-state index contributed by atoms with van der Waals surface area (Å²) in [6, 6.07) is 15.0. The summed E-state index contributed by atoms with van der Waals surface area (Å²) in [5.41, 5.74) is 0.299. The van der Waals surface area contributed by atoms with Crippen molar-refractivity contribution < 1.29 is 12.8 Å². The van der Waals surface area contributed by atoms with Crippen LogP contribution in [0.25, 0.3) is 5.69 Å². The van der Waals surface area contributed by atoms with E-state index in [2.05, 4.69) is 9.82 Å². The van der Waals surface area contributed by atoms with Crippen molar-refractivity contribution in [2.75, 3.05) is 4.72 Å². The molecule has 0 fully saturated rings. The van der Waals surface area contributed by atoms with Gasteiger partial charge in [-0.1, -0.05) is 18.2 Å². The molecule has 120 valence electrons. The Morgan fingerprint density at radius 2 is 1.88 bits per heavy atom. The van der Waals surface area contributed by atoms with Gasteiger partial charge in [0, 0.05) is 12.3 Å². The SMILES string of the molecule is N#Cc1ccc(-n2ccc(NS(=O)(=O)c3ccccc3)n2)c(F)c1. The molecule has 0 saturated carbocycles. The van der Waals surface area contributed by atoms with Gasteiger partial charge in [0.15, 0.2) is 5.82 Å². The van der Waals surface area contributed by atoms with Gasteiger partial charge in [0.25, 0.3) is 10.0 Å². The number of rotatable bonds is 4. The lowest BCUT2D eigenvalue weighted by Crippen LogP contribution is -2.13. The second kappa shape index (κ2) is 6.14. The first kappa shape index (κ1) is 15.7. The molecule has 0 aliphatic rings. The Morgan fingerprint density at radius 1 is 1.12 bits per heavy atom. The van der Waals surface area contributed by atoms with Gasteiger partial charge in [0.1, 0.15) is 11.5 Å². The Balaban J connectivity index is 1.88. The molecule has 0 bridgehead atoms. The van der Waals surface area contributed by atoms with Gasteiger partial charge in [-0.15, -0.1) is 5.10 Å². The second-order valence-corrected chi connectivity index (χ2v) is 6.52. The first-order valence-electron chi connectivity index (χ1n) is 6.83. The Hall–Kier alpha value is -3.18. The zero-order chi connectivity index (χ0) is 17.2. The lowest BCUT2D eigenvalue weighted by atomic mass is 10.2. The van der Waals surface area contributed by atoms with Gasteiger partial charge < -0.3 is 0 Å². The predicted octanol–water partition coefficient (Wildman–Crippen LogP) is 2.68. The molecule has 0 spiro atoms. The maximum Gasteiger partial charge on any atom is 0.263 e. The van der Waals surface area contributed by atoms with Crippen molar-refractivity contribution in [3.63, 3.8) is 0 Å². The molecule has 8 heteroatoms. The van der Waals surface area contributed by atoms with Crippen molar-refractivity contribution in [1.29, 1.82) is 5.26 Å². The largest absolute Gasteiger partial charge is 0.263 e. The van der Waals surface area contributed by atoms with E-state index >= 15 is 0 Å². The van der Waals surface area contributed by atoms with Crippen LogP contribution in [0, 0.1) is 17.1 Å². The van der Waals surface area contributed by atoms with Crippen molar-refractivity contribution >= 4 is 15.8 Å². The molecule has 0 unspecified atom stereocenters. The number of aromatic nitrogens is 2. The van der Waals surface area contributed by atoms with Gasteiger partial charge in [0.05, 0.1) is 16.5 Å². The van der Waals surface area contributed by atoms with Crippen LogP contribution >= 0.6 is 0 Å². The molecule has 2 aromatic carbocycles. The Morgan fingerprint density at radius 3 is 2.54 bits per heavy atom. The highest BCUT2D eigenvalue weighted by Gasteiger charge is 2.15. The highest BCUT2D eigenvalue weighted by Crippen LogP contribution is 2.18. The number of hydrogen-bond acceptors (Lipinski definition) is 4. The number of sulfonamides is 1. The minimum absolute atomic E-state index is 0.0580. The molecule has 0 aliphatic heterocycles. The van der Waals surface area contributed by atoms with Gasteiger partial charge in [-0.2, -0.15) is 5.26 Å². The van der Waals surface area contributed by atoms with Crippen LogP contribution in [0.3, 0.4) is 0 Å². The zero-order valence-corrected chi connectivity index (χ0v) is 13.0. The van der Waals surface area contributed by atoms with Crippen molar-refractivity contribution in [1.82, 2.24) is 9.78 Å². The molecule has 1 heterocycles. The third kappa shape index (κ3) is 3.11.